The first-order valence-corrected chi connectivity index (χ1v) is 8.08. The van der Waals surface area contributed by atoms with E-state index in [9.17, 15) is 14.7 Å². The number of anilines is 1. The predicted molar refractivity (Wildman–Crippen MR) is 91.0 cm³/mol. The van der Waals surface area contributed by atoms with Crippen molar-refractivity contribution in [2.45, 2.75) is 39.3 Å². The van der Waals surface area contributed by atoms with Gasteiger partial charge in [0, 0.05) is 12.6 Å². The molecule has 7 heteroatoms. The average Bonchev–Trinajstić information content (AvgIpc) is 2.56. The van der Waals surface area contributed by atoms with Gasteiger partial charge in [0.15, 0.2) is 0 Å². The van der Waals surface area contributed by atoms with Crippen molar-refractivity contribution in [3.8, 4) is 5.75 Å². The fourth-order valence-corrected chi connectivity index (χ4v) is 2.12. The molecule has 3 atom stereocenters. The molecule has 0 saturated heterocycles. The van der Waals surface area contributed by atoms with Crippen LogP contribution in [0.2, 0.25) is 0 Å². The number of benzene rings is 1. The summed E-state index contributed by atoms with van der Waals surface area (Å²) in [6.07, 6.45) is 0.858. The molecule has 1 amide bonds. The zero-order chi connectivity index (χ0) is 18.4. The maximum atomic E-state index is 11.5. The number of hydrogen-bond acceptors (Lipinski definition) is 6. The molecule has 1 aliphatic heterocycles. The number of carbonyl (C=O) groups is 2. The molecule has 1 aliphatic rings. The third-order valence-electron chi connectivity index (χ3n) is 3.44. The maximum Gasteiger partial charge on any atom is 0.308 e. The van der Waals surface area contributed by atoms with Gasteiger partial charge < -0.3 is 24.6 Å². The van der Waals surface area contributed by atoms with Crippen molar-refractivity contribution in [1.29, 1.82) is 0 Å². The van der Waals surface area contributed by atoms with Gasteiger partial charge >= 0.3 is 5.97 Å². The van der Waals surface area contributed by atoms with Gasteiger partial charge in [0.2, 0.25) is 12.2 Å². The van der Waals surface area contributed by atoms with E-state index in [1.54, 1.807) is 50.3 Å². The molecule has 7 nitrogen and oxygen atoms in total. The Morgan fingerprint density at radius 3 is 2.52 bits per heavy atom. The van der Waals surface area contributed by atoms with Crippen molar-refractivity contribution in [1.82, 2.24) is 0 Å². The van der Waals surface area contributed by atoms with Gasteiger partial charge in [-0.15, -0.1) is 0 Å². The lowest BCUT2D eigenvalue weighted by Crippen LogP contribution is -2.41. The second-order valence-electron chi connectivity index (χ2n) is 6.03. The summed E-state index contributed by atoms with van der Waals surface area (Å²) in [5.74, 6) is -0.208. The van der Waals surface area contributed by atoms with Crippen molar-refractivity contribution in [3.05, 3.63) is 36.4 Å². The van der Waals surface area contributed by atoms with Crippen LogP contribution in [0.15, 0.2) is 36.4 Å². The Morgan fingerprint density at radius 2 is 1.92 bits per heavy atom. The van der Waals surface area contributed by atoms with Crippen LogP contribution in [-0.4, -0.2) is 42.1 Å². The number of nitrogens with one attached hydrogen (secondary N) is 1. The van der Waals surface area contributed by atoms with Crippen molar-refractivity contribution in [2.24, 2.45) is 5.92 Å². The number of amides is 1. The molecule has 1 aromatic carbocycles. The molecule has 0 aromatic heterocycles. The van der Waals surface area contributed by atoms with Crippen molar-refractivity contribution in [2.75, 3.05) is 11.9 Å². The summed E-state index contributed by atoms with van der Waals surface area (Å²) >= 11 is 0. The third-order valence-corrected chi connectivity index (χ3v) is 3.44. The van der Waals surface area contributed by atoms with E-state index in [0.29, 0.717) is 11.4 Å². The highest BCUT2D eigenvalue weighted by atomic mass is 16.7. The Kier molecular flexibility index (Phi) is 6.55. The summed E-state index contributed by atoms with van der Waals surface area (Å²) in [7, 11) is 0. The van der Waals surface area contributed by atoms with Crippen LogP contribution >= 0.6 is 0 Å². The summed E-state index contributed by atoms with van der Waals surface area (Å²) in [4.78, 5) is 22.5. The molecule has 0 fully saturated rings. The maximum absolute atomic E-state index is 11.5. The van der Waals surface area contributed by atoms with Gasteiger partial charge in [-0.25, -0.2) is 0 Å². The Morgan fingerprint density at radius 1 is 1.24 bits per heavy atom. The van der Waals surface area contributed by atoms with E-state index in [0.717, 1.165) is 0 Å². The standard InChI is InChI=1S/C18H23NO6/c1-11(2)18(22)23-10-16-15(21)8-9-17(25-16)24-14-6-4-13(5-7-14)19-12(3)20/h4-9,11,15-17,21H,10H2,1-3H3,(H,19,20). The lowest BCUT2D eigenvalue weighted by atomic mass is 10.1. The number of ether oxygens (including phenoxy) is 3. The minimum absolute atomic E-state index is 0.0517. The smallest absolute Gasteiger partial charge is 0.308 e. The highest BCUT2D eigenvalue weighted by Gasteiger charge is 2.28. The lowest BCUT2D eigenvalue weighted by Gasteiger charge is -2.29. The van der Waals surface area contributed by atoms with E-state index in [1.165, 1.54) is 6.92 Å². The molecular formula is C18H23NO6. The van der Waals surface area contributed by atoms with Crippen LogP contribution in [0, 0.1) is 5.92 Å². The zero-order valence-electron chi connectivity index (χ0n) is 14.5. The van der Waals surface area contributed by atoms with Crippen molar-refractivity contribution in [3.63, 3.8) is 0 Å². The fraction of sp³-hybridized carbons (Fsp3) is 0.444. The van der Waals surface area contributed by atoms with Gasteiger partial charge in [-0.1, -0.05) is 19.9 Å². The predicted octanol–water partition coefficient (Wildman–Crippen LogP) is 1.86. The SMILES string of the molecule is CC(=O)Nc1ccc(OC2C=CC(O)C(COC(=O)C(C)C)O2)cc1. The Hall–Kier alpha value is -2.38. The van der Waals surface area contributed by atoms with Gasteiger partial charge in [0.05, 0.1) is 5.92 Å². The molecule has 0 bridgehead atoms. The quantitative estimate of drug-likeness (QED) is 0.601. The van der Waals surface area contributed by atoms with Crippen LogP contribution in [0.25, 0.3) is 0 Å². The highest BCUT2D eigenvalue weighted by Crippen LogP contribution is 2.21. The largest absolute Gasteiger partial charge is 0.463 e. The topological polar surface area (TPSA) is 94.1 Å². The second-order valence-corrected chi connectivity index (χ2v) is 6.03. The summed E-state index contributed by atoms with van der Waals surface area (Å²) < 4.78 is 16.4. The Bertz CT molecular complexity index is 625. The van der Waals surface area contributed by atoms with E-state index in [4.69, 9.17) is 14.2 Å². The van der Waals surface area contributed by atoms with Crippen LogP contribution in [-0.2, 0) is 19.1 Å². The Balaban J connectivity index is 1.91. The van der Waals surface area contributed by atoms with Gasteiger partial charge in [-0.3, -0.25) is 9.59 Å². The summed E-state index contributed by atoms with van der Waals surface area (Å²) in [6.45, 7) is 4.85. The van der Waals surface area contributed by atoms with E-state index >= 15 is 0 Å². The minimum Gasteiger partial charge on any atom is -0.463 e. The fourth-order valence-electron chi connectivity index (χ4n) is 2.12. The normalized spacial score (nSPS) is 22.5. The summed E-state index contributed by atoms with van der Waals surface area (Å²) in [5.41, 5.74) is 0.661. The van der Waals surface area contributed by atoms with Crippen molar-refractivity contribution < 1.29 is 28.9 Å². The number of aliphatic hydroxyl groups is 1. The van der Waals surface area contributed by atoms with E-state index in [1.807, 2.05) is 0 Å². The molecule has 1 aromatic rings. The van der Waals surface area contributed by atoms with Crippen molar-refractivity contribution >= 4 is 17.6 Å². The number of aliphatic hydroxyl groups excluding tert-OH is 1. The van der Waals surface area contributed by atoms with Gasteiger partial charge in [-0.05, 0) is 30.3 Å². The number of esters is 1. The van der Waals surface area contributed by atoms with Gasteiger partial charge in [0.1, 0.15) is 24.6 Å². The van der Waals surface area contributed by atoms with Crippen LogP contribution < -0.4 is 10.1 Å². The van der Waals surface area contributed by atoms with Crippen LogP contribution in [0.4, 0.5) is 5.69 Å². The summed E-state index contributed by atoms with van der Waals surface area (Å²) in [6, 6.07) is 6.81. The molecule has 0 radical (unpaired) electrons. The van der Waals surface area contributed by atoms with E-state index in [-0.39, 0.29) is 24.4 Å². The monoisotopic (exact) mass is 349 g/mol. The average molecular weight is 349 g/mol. The molecule has 136 valence electrons. The van der Waals surface area contributed by atoms with Gasteiger partial charge in [-0.2, -0.15) is 0 Å². The molecule has 0 saturated carbocycles. The van der Waals surface area contributed by atoms with Gasteiger partial charge in [0.25, 0.3) is 0 Å². The summed E-state index contributed by atoms with van der Waals surface area (Å²) in [5, 5.41) is 12.6. The number of hydrogen-bond donors (Lipinski definition) is 2. The molecular weight excluding hydrogens is 326 g/mol. The van der Waals surface area contributed by atoms with Crippen LogP contribution in [0.3, 0.4) is 0 Å². The third kappa shape index (κ3) is 5.88. The molecule has 0 aliphatic carbocycles. The van der Waals surface area contributed by atoms with Crippen LogP contribution in [0.1, 0.15) is 20.8 Å². The first-order valence-electron chi connectivity index (χ1n) is 8.08. The first-order chi connectivity index (χ1) is 11.8. The molecule has 2 N–H and O–H groups in total. The molecule has 2 rings (SSSR count). The molecule has 25 heavy (non-hydrogen) atoms. The highest BCUT2D eigenvalue weighted by molar-refractivity contribution is 5.88. The number of carbonyl (C=O) groups excluding carboxylic acids is 2. The minimum atomic E-state index is -0.873. The zero-order valence-corrected chi connectivity index (χ0v) is 14.5. The number of rotatable bonds is 6. The van der Waals surface area contributed by atoms with Crippen LogP contribution in [0.5, 0.6) is 5.75 Å². The molecule has 1 heterocycles. The molecule has 3 unspecified atom stereocenters. The van der Waals surface area contributed by atoms with E-state index in [2.05, 4.69) is 5.32 Å². The Labute approximate surface area is 146 Å². The van der Waals surface area contributed by atoms with E-state index < -0.39 is 18.5 Å². The second kappa shape index (κ2) is 8.64. The first kappa shape index (κ1) is 19.0. The lowest BCUT2D eigenvalue weighted by molar-refractivity contribution is -0.169. The molecule has 0 spiro atoms.